The van der Waals surface area contributed by atoms with E-state index >= 15 is 0 Å². The molecule has 0 aromatic heterocycles. The number of rotatable bonds is 6. The molecule has 0 aliphatic heterocycles. The van der Waals surface area contributed by atoms with Crippen LogP contribution in [0.5, 0.6) is 5.75 Å². The molecular weight excluding hydrogens is 369 g/mol. The lowest BCUT2D eigenvalue weighted by Gasteiger charge is -2.08. The largest absolute Gasteiger partial charge is 0.482 e. The summed E-state index contributed by atoms with van der Waals surface area (Å²) in [4.78, 5) is 23.1. The number of hydrogen-bond acceptors (Lipinski definition) is 4. The summed E-state index contributed by atoms with van der Waals surface area (Å²) in [6, 6.07) is 12.6. The first-order chi connectivity index (χ1) is 11.0. The van der Waals surface area contributed by atoms with Crippen molar-refractivity contribution in [2.75, 3.05) is 18.5 Å². The number of ether oxygens (including phenoxy) is 2. The van der Waals surface area contributed by atoms with Gasteiger partial charge in [0.25, 0.3) is 5.91 Å². The zero-order chi connectivity index (χ0) is 16.7. The lowest BCUT2D eigenvalue weighted by Crippen LogP contribution is -2.24. The van der Waals surface area contributed by atoms with E-state index in [1.165, 1.54) is 18.2 Å². The second-order valence-corrected chi connectivity index (χ2v) is 5.35. The van der Waals surface area contributed by atoms with Crippen LogP contribution in [0.25, 0.3) is 0 Å². The molecule has 2 rings (SSSR count). The Hall–Kier alpha value is -2.41. The summed E-state index contributed by atoms with van der Waals surface area (Å²) in [5, 5.41) is 2.31. The average molecular weight is 382 g/mol. The number of carbonyl (C=O) groups excluding carboxylic acids is 2. The fraction of sp³-hybridized carbons (Fsp3) is 0.125. The fourth-order valence-corrected chi connectivity index (χ4v) is 1.87. The van der Waals surface area contributed by atoms with Crippen molar-refractivity contribution >= 4 is 33.5 Å². The lowest BCUT2D eigenvalue weighted by atomic mass is 10.3. The zero-order valence-electron chi connectivity index (χ0n) is 11.9. The molecule has 0 bridgehead atoms. The summed E-state index contributed by atoms with van der Waals surface area (Å²) >= 11 is 3.28. The van der Waals surface area contributed by atoms with Gasteiger partial charge >= 0.3 is 5.97 Å². The normalized spacial score (nSPS) is 10.0. The molecule has 7 heteroatoms. The van der Waals surface area contributed by atoms with Crippen LogP contribution < -0.4 is 10.1 Å². The summed E-state index contributed by atoms with van der Waals surface area (Å²) in [6.45, 7) is -0.842. The first-order valence-corrected chi connectivity index (χ1v) is 7.42. The lowest BCUT2D eigenvalue weighted by molar-refractivity contribution is -0.149. The van der Waals surface area contributed by atoms with Crippen LogP contribution >= 0.6 is 15.9 Å². The smallest absolute Gasteiger partial charge is 0.344 e. The minimum Gasteiger partial charge on any atom is -0.482 e. The van der Waals surface area contributed by atoms with Crippen LogP contribution in [0, 0.1) is 5.82 Å². The molecule has 2 aromatic rings. The van der Waals surface area contributed by atoms with Gasteiger partial charge in [-0.05, 0) is 36.4 Å². The van der Waals surface area contributed by atoms with Crippen molar-refractivity contribution < 1.29 is 23.5 Å². The van der Waals surface area contributed by atoms with Crippen LogP contribution in [-0.2, 0) is 14.3 Å². The highest BCUT2D eigenvalue weighted by atomic mass is 79.9. The number of esters is 1. The van der Waals surface area contributed by atoms with E-state index in [2.05, 4.69) is 21.2 Å². The summed E-state index contributed by atoms with van der Waals surface area (Å²) in [5.74, 6) is -1.39. The molecule has 0 aliphatic carbocycles. The second kappa shape index (κ2) is 8.28. The minimum absolute atomic E-state index is 0.0275. The molecule has 1 N–H and O–H groups in total. The topological polar surface area (TPSA) is 64.6 Å². The van der Waals surface area contributed by atoms with E-state index in [0.29, 0.717) is 5.75 Å². The van der Waals surface area contributed by atoms with E-state index < -0.39 is 24.3 Å². The Labute approximate surface area is 140 Å². The van der Waals surface area contributed by atoms with Gasteiger partial charge in [-0.3, -0.25) is 4.79 Å². The van der Waals surface area contributed by atoms with Crippen LogP contribution in [0.1, 0.15) is 0 Å². The van der Waals surface area contributed by atoms with E-state index in [1.54, 1.807) is 30.3 Å². The summed E-state index contributed by atoms with van der Waals surface area (Å²) in [6.07, 6.45) is 0. The van der Waals surface area contributed by atoms with Gasteiger partial charge in [-0.1, -0.05) is 28.1 Å². The van der Waals surface area contributed by atoms with Gasteiger partial charge in [0, 0.05) is 4.47 Å². The van der Waals surface area contributed by atoms with Crippen molar-refractivity contribution in [1.29, 1.82) is 0 Å². The molecule has 120 valence electrons. The summed E-state index contributed by atoms with van der Waals surface area (Å²) in [5.41, 5.74) is 0.0275. The molecule has 2 aromatic carbocycles. The van der Waals surface area contributed by atoms with E-state index in [4.69, 9.17) is 9.47 Å². The van der Waals surface area contributed by atoms with Gasteiger partial charge in [0.05, 0.1) is 5.69 Å². The predicted octanol–water partition coefficient (Wildman–Crippen LogP) is 3.15. The molecule has 1 amide bonds. The number of para-hydroxylation sites is 1. The molecule has 0 atom stereocenters. The monoisotopic (exact) mass is 381 g/mol. The Balaban J connectivity index is 1.72. The highest BCUT2D eigenvalue weighted by molar-refractivity contribution is 9.10. The van der Waals surface area contributed by atoms with Crippen molar-refractivity contribution in [2.45, 2.75) is 0 Å². The molecular formula is C16H13BrFNO4. The van der Waals surface area contributed by atoms with E-state index in [-0.39, 0.29) is 12.3 Å². The molecule has 5 nitrogen and oxygen atoms in total. The van der Waals surface area contributed by atoms with Gasteiger partial charge in [-0.25, -0.2) is 9.18 Å². The zero-order valence-corrected chi connectivity index (χ0v) is 13.5. The Kier molecular flexibility index (Phi) is 6.10. The van der Waals surface area contributed by atoms with Crippen LogP contribution in [0.4, 0.5) is 10.1 Å². The molecule has 0 fully saturated rings. The van der Waals surface area contributed by atoms with Crippen LogP contribution in [0.15, 0.2) is 53.0 Å². The van der Waals surface area contributed by atoms with Crippen LogP contribution in [0.3, 0.4) is 0 Å². The third kappa shape index (κ3) is 5.71. The molecule has 0 unspecified atom stereocenters. The van der Waals surface area contributed by atoms with Gasteiger partial charge in [0.15, 0.2) is 13.2 Å². The van der Waals surface area contributed by atoms with Crippen molar-refractivity contribution in [1.82, 2.24) is 0 Å². The highest BCUT2D eigenvalue weighted by Gasteiger charge is 2.10. The number of halogens is 2. The molecule has 23 heavy (non-hydrogen) atoms. The quantitative estimate of drug-likeness (QED) is 0.780. The predicted molar refractivity (Wildman–Crippen MR) is 85.6 cm³/mol. The van der Waals surface area contributed by atoms with Crippen molar-refractivity contribution in [3.63, 3.8) is 0 Å². The number of amides is 1. The van der Waals surface area contributed by atoms with E-state index in [9.17, 15) is 14.0 Å². The third-order valence-corrected chi connectivity index (χ3v) is 3.21. The standard InChI is InChI=1S/C16H13BrFNO4/c17-11-5-7-12(8-6-11)22-10-16(21)23-9-15(20)19-14-4-2-1-3-13(14)18/h1-8H,9-10H2,(H,19,20). The van der Waals surface area contributed by atoms with E-state index in [0.717, 1.165) is 4.47 Å². The van der Waals surface area contributed by atoms with Crippen molar-refractivity contribution in [2.24, 2.45) is 0 Å². The minimum atomic E-state index is -0.698. The van der Waals surface area contributed by atoms with E-state index in [1.807, 2.05) is 0 Å². The maximum Gasteiger partial charge on any atom is 0.344 e. The molecule has 0 saturated carbocycles. The fourth-order valence-electron chi connectivity index (χ4n) is 1.61. The number of hydrogen-bond donors (Lipinski definition) is 1. The van der Waals surface area contributed by atoms with Crippen LogP contribution in [0.2, 0.25) is 0 Å². The van der Waals surface area contributed by atoms with Crippen molar-refractivity contribution in [3.05, 3.63) is 58.8 Å². The molecule has 0 saturated heterocycles. The maximum atomic E-state index is 13.3. The first-order valence-electron chi connectivity index (χ1n) is 6.63. The van der Waals surface area contributed by atoms with Gasteiger partial charge < -0.3 is 14.8 Å². The third-order valence-electron chi connectivity index (χ3n) is 2.68. The Morgan fingerprint density at radius 3 is 2.43 bits per heavy atom. The Morgan fingerprint density at radius 1 is 1.04 bits per heavy atom. The van der Waals surface area contributed by atoms with Gasteiger partial charge in [-0.2, -0.15) is 0 Å². The first kappa shape index (κ1) is 17.0. The maximum absolute atomic E-state index is 13.3. The van der Waals surface area contributed by atoms with Crippen molar-refractivity contribution in [3.8, 4) is 5.75 Å². The summed E-state index contributed by atoms with van der Waals surface area (Å²) in [7, 11) is 0. The highest BCUT2D eigenvalue weighted by Crippen LogP contribution is 2.16. The SMILES string of the molecule is O=C(COC(=O)COc1ccc(Br)cc1)Nc1ccccc1F. The number of carbonyl (C=O) groups is 2. The molecule has 0 spiro atoms. The van der Waals surface area contributed by atoms with Crippen LogP contribution in [-0.4, -0.2) is 25.1 Å². The second-order valence-electron chi connectivity index (χ2n) is 4.43. The number of benzene rings is 2. The molecule has 0 aliphatic rings. The number of nitrogens with one attached hydrogen (secondary N) is 1. The van der Waals surface area contributed by atoms with Gasteiger partial charge in [-0.15, -0.1) is 0 Å². The Bertz CT molecular complexity index is 691. The summed E-state index contributed by atoms with van der Waals surface area (Å²) < 4.78 is 24.2. The Morgan fingerprint density at radius 2 is 1.74 bits per heavy atom. The van der Waals surface area contributed by atoms with Gasteiger partial charge in [0.2, 0.25) is 0 Å². The van der Waals surface area contributed by atoms with Gasteiger partial charge in [0.1, 0.15) is 11.6 Å². The average Bonchev–Trinajstić information content (AvgIpc) is 2.54. The molecule has 0 heterocycles. The number of anilines is 1. The molecule has 0 radical (unpaired) electrons.